The Bertz CT molecular complexity index is 972. The van der Waals surface area contributed by atoms with Crippen LogP contribution in [0.5, 0.6) is 0 Å². The van der Waals surface area contributed by atoms with Gasteiger partial charge in [0.05, 0.1) is 23.1 Å². The van der Waals surface area contributed by atoms with Crippen molar-refractivity contribution in [2.24, 2.45) is 5.92 Å². The summed E-state index contributed by atoms with van der Waals surface area (Å²) >= 11 is 0. The molecule has 1 aliphatic carbocycles. The van der Waals surface area contributed by atoms with Crippen LogP contribution in [0.2, 0.25) is 18.1 Å². The zero-order valence-corrected chi connectivity index (χ0v) is 21.3. The van der Waals surface area contributed by atoms with E-state index in [0.717, 1.165) is 0 Å². The Labute approximate surface area is 201 Å². The van der Waals surface area contributed by atoms with Gasteiger partial charge in [0, 0.05) is 6.61 Å². The van der Waals surface area contributed by atoms with Gasteiger partial charge in [0.2, 0.25) is 0 Å². The van der Waals surface area contributed by atoms with E-state index in [1.54, 1.807) is 60.7 Å². The molecule has 184 valence electrons. The van der Waals surface area contributed by atoms with Crippen molar-refractivity contribution < 1.29 is 33.7 Å². The highest BCUT2D eigenvalue weighted by atomic mass is 28.4. The average Bonchev–Trinajstić information content (AvgIpc) is 3.02. The van der Waals surface area contributed by atoms with Crippen molar-refractivity contribution in [2.75, 3.05) is 6.61 Å². The van der Waals surface area contributed by atoms with Crippen molar-refractivity contribution in [3.05, 3.63) is 71.8 Å². The molecule has 8 heteroatoms. The second-order valence-corrected chi connectivity index (χ2v) is 15.0. The lowest BCUT2D eigenvalue weighted by molar-refractivity contribution is -0.0659. The maximum absolute atomic E-state index is 12.9. The number of ether oxygens (including phenoxy) is 2. The minimum atomic E-state index is -2.21. The summed E-state index contributed by atoms with van der Waals surface area (Å²) in [7, 11) is -2.21. The second kappa shape index (κ2) is 10.4. The summed E-state index contributed by atoms with van der Waals surface area (Å²) in [5.41, 5.74) is 0.605. The van der Waals surface area contributed by atoms with Crippen LogP contribution in [-0.2, 0) is 13.9 Å². The van der Waals surface area contributed by atoms with Crippen molar-refractivity contribution in [3.63, 3.8) is 0 Å². The maximum Gasteiger partial charge on any atom is 0.338 e. The number of aliphatic hydroxyl groups is 2. The fourth-order valence-electron chi connectivity index (χ4n) is 3.62. The largest absolute Gasteiger partial charge is 0.454 e. The molecular weight excluding hydrogens is 452 g/mol. The van der Waals surface area contributed by atoms with Gasteiger partial charge in [-0.05, 0) is 42.4 Å². The number of hydrogen-bond donors (Lipinski definition) is 2. The van der Waals surface area contributed by atoms with Crippen LogP contribution in [-0.4, -0.2) is 61.5 Å². The van der Waals surface area contributed by atoms with Gasteiger partial charge in [-0.25, -0.2) is 9.59 Å². The third kappa shape index (κ3) is 5.75. The lowest BCUT2D eigenvalue weighted by Crippen LogP contribution is -2.45. The van der Waals surface area contributed by atoms with Crippen molar-refractivity contribution in [3.8, 4) is 0 Å². The third-order valence-corrected chi connectivity index (χ3v) is 11.3. The first-order chi connectivity index (χ1) is 15.9. The predicted octanol–water partition coefficient (Wildman–Crippen LogP) is 3.81. The molecule has 2 aromatic carbocycles. The van der Waals surface area contributed by atoms with E-state index in [9.17, 15) is 19.8 Å². The molecule has 1 saturated carbocycles. The zero-order chi connectivity index (χ0) is 25.1. The van der Waals surface area contributed by atoms with Gasteiger partial charge in [-0.2, -0.15) is 0 Å². The first-order valence-corrected chi connectivity index (χ1v) is 14.4. The molecule has 7 nitrogen and oxygen atoms in total. The molecule has 34 heavy (non-hydrogen) atoms. The lowest BCUT2D eigenvalue weighted by Gasteiger charge is -2.37. The van der Waals surface area contributed by atoms with Crippen LogP contribution >= 0.6 is 0 Å². The van der Waals surface area contributed by atoms with Crippen molar-refractivity contribution in [1.29, 1.82) is 0 Å². The zero-order valence-electron chi connectivity index (χ0n) is 20.3. The second-order valence-electron chi connectivity index (χ2n) is 10.2. The van der Waals surface area contributed by atoms with Gasteiger partial charge in [-0.15, -0.1) is 0 Å². The standard InChI is InChI=1S/C26H34O7Si/c1-26(2,3)34(4,5)31-16-19-20(27)21(28)23(33-25(30)18-14-10-7-11-15-18)22(19)32-24(29)17-12-8-6-9-13-17/h6-15,19-23,27-28H,16H2,1-5H3/t19-,20-,21-,22+,23+/m0/s1. The molecule has 0 amide bonds. The number of rotatable bonds is 7. The van der Waals surface area contributed by atoms with Gasteiger partial charge in [0.25, 0.3) is 0 Å². The molecule has 0 spiro atoms. The molecule has 0 unspecified atom stereocenters. The Morgan fingerprint density at radius 1 is 0.794 bits per heavy atom. The topological polar surface area (TPSA) is 102 Å². The van der Waals surface area contributed by atoms with Gasteiger partial charge >= 0.3 is 11.9 Å². The number of carbonyl (C=O) groups excluding carboxylic acids is 2. The van der Waals surface area contributed by atoms with Crippen molar-refractivity contribution in [1.82, 2.24) is 0 Å². The highest BCUT2D eigenvalue weighted by Crippen LogP contribution is 2.39. The minimum absolute atomic E-state index is 0.0564. The van der Waals surface area contributed by atoms with E-state index in [0.29, 0.717) is 11.1 Å². The highest BCUT2D eigenvalue weighted by Gasteiger charge is 2.55. The molecule has 5 atom stereocenters. The number of benzene rings is 2. The molecule has 0 bridgehead atoms. The fraction of sp³-hybridized carbons (Fsp3) is 0.462. The van der Waals surface area contributed by atoms with Crippen LogP contribution in [0.3, 0.4) is 0 Å². The van der Waals surface area contributed by atoms with Crippen LogP contribution in [0.1, 0.15) is 41.5 Å². The van der Waals surface area contributed by atoms with Crippen LogP contribution in [0.4, 0.5) is 0 Å². The van der Waals surface area contributed by atoms with Crippen molar-refractivity contribution in [2.45, 2.75) is 63.3 Å². The number of carbonyl (C=O) groups is 2. The monoisotopic (exact) mass is 486 g/mol. The molecule has 0 heterocycles. The average molecular weight is 487 g/mol. The van der Waals surface area contributed by atoms with E-state index in [-0.39, 0.29) is 11.6 Å². The smallest absolute Gasteiger partial charge is 0.338 e. The quantitative estimate of drug-likeness (QED) is 0.453. The van der Waals surface area contributed by atoms with Crippen molar-refractivity contribution >= 4 is 20.3 Å². The van der Waals surface area contributed by atoms with E-state index in [1.807, 2.05) is 0 Å². The first kappa shape index (κ1) is 26.1. The van der Waals surface area contributed by atoms with E-state index in [1.165, 1.54) is 0 Å². The van der Waals surface area contributed by atoms with Gasteiger partial charge in [-0.3, -0.25) is 0 Å². The van der Waals surface area contributed by atoms with Gasteiger partial charge < -0.3 is 24.1 Å². The molecule has 0 aliphatic heterocycles. The predicted molar refractivity (Wildman–Crippen MR) is 130 cm³/mol. The summed E-state index contributed by atoms with van der Waals surface area (Å²) in [6.45, 7) is 10.5. The van der Waals surface area contributed by atoms with E-state index in [4.69, 9.17) is 13.9 Å². The molecule has 2 N–H and O–H groups in total. The molecule has 0 aromatic heterocycles. The first-order valence-electron chi connectivity index (χ1n) is 11.4. The maximum atomic E-state index is 12.9. The van der Waals surface area contributed by atoms with Crippen LogP contribution < -0.4 is 0 Å². The Balaban J connectivity index is 1.86. The van der Waals surface area contributed by atoms with Crippen LogP contribution in [0.25, 0.3) is 0 Å². The number of aliphatic hydroxyl groups excluding tert-OH is 2. The summed E-state index contributed by atoms with van der Waals surface area (Å²) in [6.07, 6.45) is -5.07. The molecule has 1 aliphatic rings. The SMILES string of the molecule is CC(C)(C)[Si](C)(C)OC[C@H]1[C@H](O)[C@H](O)[C@@H](OC(=O)c2ccccc2)[C@@H]1OC(=O)c1ccccc1. The van der Waals surface area contributed by atoms with E-state index >= 15 is 0 Å². The summed E-state index contributed by atoms with van der Waals surface area (Å²) < 4.78 is 17.6. The lowest BCUT2D eigenvalue weighted by atomic mass is 10.0. The fourth-order valence-corrected chi connectivity index (χ4v) is 4.66. The Kier molecular flexibility index (Phi) is 7.97. The summed E-state index contributed by atoms with van der Waals surface area (Å²) in [5, 5.41) is 21.6. The molecule has 0 saturated heterocycles. The Morgan fingerprint density at radius 2 is 1.24 bits per heavy atom. The normalized spacial score (nSPS) is 25.1. The molecule has 1 fully saturated rings. The minimum Gasteiger partial charge on any atom is -0.454 e. The number of esters is 2. The molecule has 2 aromatic rings. The van der Waals surface area contributed by atoms with Gasteiger partial charge in [0.15, 0.2) is 14.4 Å². The number of hydrogen-bond acceptors (Lipinski definition) is 7. The summed E-state index contributed by atoms with van der Waals surface area (Å²) in [6, 6.07) is 16.7. The Morgan fingerprint density at radius 3 is 1.68 bits per heavy atom. The van der Waals surface area contributed by atoms with E-state index < -0.39 is 50.6 Å². The molecular formula is C26H34O7Si. The van der Waals surface area contributed by atoms with Gasteiger partial charge in [0.1, 0.15) is 12.2 Å². The van der Waals surface area contributed by atoms with Crippen LogP contribution in [0, 0.1) is 5.92 Å². The molecule has 3 rings (SSSR count). The third-order valence-electron chi connectivity index (χ3n) is 6.82. The van der Waals surface area contributed by atoms with Crippen LogP contribution in [0.15, 0.2) is 60.7 Å². The van der Waals surface area contributed by atoms with E-state index in [2.05, 4.69) is 33.9 Å². The Hall–Kier alpha value is -2.52. The summed E-state index contributed by atoms with van der Waals surface area (Å²) in [4.78, 5) is 25.6. The van der Waals surface area contributed by atoms with Gasteiger partial charge in [-0.1, -0.05) is 57.2 Å². The molecule has 0 radical (unpaired) electrons. The summed E-state index contributed by atoms with van der Waals surface area (Å²) in [5.74, 6) is -2.08. The highest BCUT2D eigenvalue weighted by molar-refractivity contribution is 6.74.